The maximum atomic E-state index is 12.6. The van der Waals surface area contributed by atoms with Crippen LogP contribution in [0.25, 0.3) is 0 Å². The third-order valence-corrected chi connectivity index (χ3v) is 9.03. The summed E-state index contributed by atoms with van der Waals surface area (Å²) in [6, 6.07) is 0. The van der Waals surface area contributed by atoms with Gasteiger partial charge in [0, 0.05) is 13.0 Å². The van der Waals surface area contributed by atoms with Gasteiger partial charge in [-0.15, -0.1) is 0 Å². The van der Waals surface area contributed by atoms with Gasteiger partial charge in [-0.25, -0.2) is 4.57 Å². The van der Waals surface area contributed by atoms with Crippen molar-refractivity contribution < 1.29 is 43.0 Å². The number of carbonyl (C=O) groups excluding carboxylic acids is 1. The van der Waals surface area contributed by atoms with Crippen molar-refractivity contribution in [1.82, 2.24) is 0 Å². The van der Waals surface area contributed by atoms with Crippen LogP contribution in [-0.2, 0) is 27.9 Å². The van der Waals surface area contributed by atoms with E-state index in [1.807, 2.05) is 0 Å². The Morgan fingerprint density at radius 1 is 0.574 bits per heavy atom. The molecule has 10 heteroatoms. The lowest BCUT2D eigenvalue weighted by Gasteiger charge is -2.20. The van der Waals surface area contributed by atoms with Crippen molar-refractivity contribution in [3.05, 3.63) is 85.1 Å². The Hall–Kier alpha value is -2.36. The molecule has 0 saturated carbocycles. The van der Waals surface area contributed by atoms with E-state index in [9.17, 15) is 19.4 Å². The fourth-order valence-electron chi connectivity index (χ4n) is 5.01. The minimum Gasteiger partial charge on any atom is -0.457 e. The summed E-state index contributed by atoms with van der Waals surface area (Å²) in [5.74, 6) is -0.430. The number of aliphatic hydroxyl groups is 2. The van der Waals surface area contributed by atoms with Gasteiger partial charge in [0.2, 0.25) is 0 Å². The van der Waals surface area contributed by atoms with E-state index in [2.05, 4.69) is 98.9 Å². The Bertz CT molecular complexity index is 1110. The molecule has 9 nitrogen and oxygen atoms in total. The first kappa shape index (κ1) is 51.6. The Balaban J connectivity index is 4.28. The molecule has 0 aliphatic carbocycles. The number of hydrogen-bond donors (Lipinski definition) is 3. The van der Waals surface area contributed by atoms with Crippen LogP contribution < -0.4 is 0 Å². The maximum absolute atomic E-state index is 12.6. The van der Waals surface area contributed by atoms with Gasteiger partial charge in [-0.2, -0.15) is 0 Å². The molecule has 0 saturated heterocycles. The van der Waals surface area contributed by atoms with Crippen molar-refractivity contribution in [3.63, 3.8) is 0 Å². The molecule has 3 atom stereocenters. The number of unbranched alkanes of at least 4 members (excludes halogenated alkanes) is 10. The van der Waals surface area contributed by atoms with Crippen LogP contribution in [0.4, 0.5) is 0 Å². The zero-order valence-electron chi connectivity index (χ0n) is 33.7. The predicted molar refractivity (Wildman–Crippen MR) is 223 cm³/mol. The third-order valence-electron chi connectivity index (χ3n) is 8.08. The van der Waals surface area contributed by atoms with E-state index in [0.29, 0.717) is 13.0 Å². The normalized spacial score (nSPS) is 15.0. The quantitative estimate of drug-likeness (QED) is 0.0242. The average Bonchev–Trinajstić information content (AvgIpc) is 3.16. The van der Waals surface area contributed by atoms with E-state index in [-0.39, 0.29) is 13.0 Å². The molecule has 3 N–H and O–H groups in total. The summed E-state index contributed by atoms with van der Waals surface area (Å²) in [4.78, 5) is 22.5. The largest absolute Gasteiger partial charge is 0.472 e. The van der Waals surface area contributed by atoms with Gasteiger partial charge < -0.3 is 24.6 Å². The summed E-state index contributed by atoms with van der Waals surface area (Å²) in [5, 5.41) is 18.3. The third kappa shape index (κ3) is 39.3. The molecule has 0 amide bonds. The highest BCUT2D eigenvalue weighted by molar-refractivity contribution is 7.47. The lowest BCUT2D eigenvalue weighted by Crippen LogP contribution is -2.29. The smallest absolute Gasteiger partial charge is 0.457 e. The number of hydrogen-bond acceptors (Lipinski definition) is 8. The standard InChI is InChI=1S/C44H75O9P/c1-3-5-7-9-11-13-15-17-19-20-21-23-25-27-29-31-33-35-37-50-40-43(41-52-54(48,49)51-39-42(46)38-45)53-44(47)36-34-32-30-28-26-24-22-18-16-14-12-10-8-6-4-2/h5-8,11-14,17-19,22,26,28,42-43,45-46H,3-4,9-10,15-16,20-21,23-25,27,29-41H2,1-2H3,(H,48,49)/b7-5-,8-6-,13-11-,14-12-,19-17-,22-18-,28-26-. The fourth-order valence-corrected chi connectivity index (χ4v) is 5.80. The van der Waals surface area contributed by atoms with Crippen molar-refractivity contribution >= 4 is 13.8 Å². The van der Waals surface area contributed by atoms with Gasteiger partial charge in [0.05, 0.1) is 26.4 Å². The van der Waals surface area contributed by atoms with Gasteiger partial charge in [-0.3, -0.25) is 13.8 Å². The topological polar surface area (TPSA) is 132 Å². The Kier molecular flexibility index (Phi) is 38.5. The number of esters is 1. The molecule has 0 rings (SSSR count). The Morgan fingerprint density at radius 2 is 1.00 bits per heavy atom. The highest BCUT2D eigenvalue weighted by Crippen LogP contribution is 2.43. The first-order valence-corrected chi connectivity index (χ1v) is 22.1. The maximum Gasteiger partial charge on any atom is 0.472 e. The van der Waals surface area contributed by atoms with Crippen LogP contribution in [0.2, 0.25) is 0 Å². The van der Waals surface area contributed by atoms with Crippen LogP contribution in [0.3, 0.4) is 0 Å². The molecule has 54 heavy (non-hydrogen) atoms. The number of carbonyl (C=O) groups is 1. The minimum atomic E-state index is -4.53. The van der Waals surface area contributed by atoms with Gasteiger partial charge in [0.25, 0.3) is 0 Å². The zero-order valence-corrected chi connectivity index (χ0v) is 34.5. The van der Waals surface area contributed by atoms with Gasteiger partial charge in [-0.05, 0) is 83.5 Å². The number of rotatable bonds is 38. The fraction of sp³-hybridized carbons (Fsp3) is 0.659. The summed E-state index contributed by atoms with van der Waals surface area (Å²) in [6.07, 6.45) is 48.3. The minimum absolute atomic E-state index is 0.0218. The second kappa shape index (κ2) is 40.3. The lowest BCUT2D eigenvalue weighted by atomic mass is 10.1. The van der Waals surface area contributed by atoms with E-state index in [1.165, 1.54) is 32.1 Å². The first-order chi connectivity index (χ1) is 26.3. The summed E-state index contributed by atoms with van der Waals surface area (Å²) >= 11 is 0. The number of phosphoric ester groups is 1. The van der Waals surface area contributed by atoms with Crippen molar-refractivity contribution in [2.75, 3.05) is 33.0 Å². The molecular formula is C44H75O9P. The monoisotopic (exact) mass is 779 g/mol. The van der Waals surface area contributed by atoms with Crippen molar-refractivity contribution in [2.24, 2.45) is 0 Å². The zero-order chi connectivity index (χ0) is 39.6. The molecule has 0 aromatic heterocycles. The molecule has 0 fully saturated rings. The van der Waals surface area contributed by atoms with Crippen molar-refractivity contribution in [3.8, 4) is 0 Å². The number of allylic oxidation sites excluding steroid dienone is 14. The van der Waals surface area contributed by atoms with E-state index in [4.69, 9.17) is 23.6 Å². The SMILES string of the molecule is CC/C=C\C/C=C\C/C=C\C/C=C\CCCCC(=O)OC(COCCCCCCCCCC/C=C\C/C=C\C/C=C\CC)COP(=O)(O)OCC(O)CO. The lowest BCUT2D eigenvalue weighted by molar-refractivity contribution is -0.154. The van der Waals surface area contributed by atoms with E-state index in [0.717, 1.165) is 83.5 Å². The van der Waals surface area contributed by atoms with Crippen LogP contribution in [0, 0.1) is 0 Å². The highest BCUT2D eigenvalue weighted by atomic mass is 31.2. The van der Waals surface area contributed by atoms with Crippen LogP contribution in [0.1, 0.15) is 142 Å². The summed E-state index contributed by atoms with van der Waals surface area (Å²) < 4.78 is 33.3. The van der Waals surface area contributed by atoms with E-state index < -0.39 is 45.8 Å². The number of phosphoric acid groups is 1. The summed E-state index contributed by atoms with van der Waals surface area (Å²) in [5.41, 5.74) is 0. The molecule has 3 unspecified atom stereocenters. The van der Waals surface area contributed by atoms with Crippen LogP contribution in [0.5, 0.6) is 0 Å². The molecule has 0 bridgehead atoms. The van der Waals surface area contributed by atoms with Gasteiger partial charge in [-0.1, -0.05) is 137 Å². The second-order valence-corrected chi connectivity index (χ2v) is 14.7. The molecule has 0 spiro atoms. The molecule has 0 aliphatic heterocycles. The summed E-state index contributed by atoms with van der Waals surface area (Å²) in [7, 11) is -4.53. The highest BCUT2D eigenvalue weighted by Gasteiger charge is 2.26. The molecule has 0 aromatic carbocycles. The number of aliphatic hydroxyl groups excluding tert-OH is 2. The Labute approximate surface area is 328 Å². The molecule has 0 heterocycles. The van der Waals surface area contributed by atoms with Crippen molar-refractivity contribution in [1.29, 1.82) is 0 Å². The van der Waals surface area contributed by atoms with Gasteiger partial charge in [0.15, 0.2) is 0 Å². The van der Waals surface area contributed by atoms with Gasteiger partial charge in [0.1, 0.15) is 12.2 Å². The number of ether oxygens (including phenoxy) is 2. The van der Waals surface area contributed by atoms with E-state index >= 15 is 0 Å². The van der Waals surface area contributed by atoms with Crippen molar-refractivity contribution in [2.45, 2.75) is 154 Å². The molecular weight excluding hydrogens is 703 g/mol. The molecule has 0 radical (unpaired) electrons. The molecule has 310 valence electrons. The van der Waals surface area contributed by atoms with Gasteiger partial charge >= 0.3 is 13.8 Å². The van der Waals surface area contributed by atoms with Crippen LogP contribution in [-0.4, -0.2) is 66.3 Å². The van der Waals surface area contributed by atoms with Crippen LogP contribution >= 0.6 is 7.82 Å². The second-order valence-electron chi connectivity index (χ2n) is 13.2. The van der Waals surface area contributed by atoms with E-state index in [1.54, 1.807) is 0 Å². The molecule has 0 aromatic rings. The first-order valence-electron chi connectivity index (χ1n) is 20.6. The summed E-state index contributed by atoms with van der Waals surface area (Å²) in [6.45, 7) is 3.19. The predicted octanol–water partition coefficient (Wildman–Crippen LogP) is 11.1. The van der Waals surface area contributed by atoms with Crippen LogP contribution in [0.15, 0.2) is 85.1 Å². The average molecular weight is 779 g/mol. The molecule has 0 aliphatic rings. The Morgan fingerprint density at radius 3 is 1.50 bits per heavy atom.